The van der Waals surface area contributed by atoms with Crippen LogP contribution in [0.4, 0.5) is 4.79 Å². The van der Waals surface area contributed by atoms with Crippen LogP contribution in [0.25, 0.3) is 0 Å². The van der Waals surface area contributed by atoms with Gasteiger partial charge in [0.2, 0.25) is 0 Å². The molecule has 1 rings (SSSR count). The first-order valence-corrected chi connectivity index (χ1v) is 5.69. The molecule has 1 heterocycles. The summed E-state index contributed by atoms with van der Waals surface area (Å²) in [6.07, 6.45) is 1.02. The Hall–Kier alpha value is -1.26. The Balaban J connectivity index is 2.39. The number of piperidine rings is 1. The van der Waals surface area contributed by atoms with Crippen molar-refractivity contribution in [3.05, 3.63) is 0 Å². The molecule has 0 spiro atoms. The molecule has 5 heteroatoms. The molecule has 0 aliphatic carbocycles. The molecule has 5 nitrogen and oxygen atoms in total. The number of amides is 1. The molecule has 1 N–H and O–H groups in total. The summed E-state index contributed by atoms with van der Waals surface area (Å²) in [7, 11) is 0. The first-order chi connectivity index (χ1) is 7.54. The summed E-state index contributed by atoms with van der Waals surface area (Å²) in [5, 5.41) is 8.90. The molecule has 0 saturated carbocycles. The third-order valence-electron chi connectivity index (χ3n) is 2.99. The molecule has 1 amide bonds. The van der Waals surface area contributed by atoms with Crippen LogP contribution in [0.3, 0.4) is 0 Å². The molecule has 1 unspecified atom stereocenters. The van der Waals surface area contributed by atoms with Gasteiger partial charge in [0, 0.05) is 19.0 Å². The van der Waals surface area contributed by atoms with Crippen molar-refractivity contribution in [1.29, 1.82) is 0 Å². The highest BCUT2D eigenvalue weighted by Gasteiger charge is 2.29. The Morgan fingerprint density at radius 2 is 2.19 bits per heavy atom. The normalized spacial score (nSPS) is 25.2. The van der Waals surface area contributed by atoms with E-state index < -0.39 is 6.09 Å². The highest BCUT2D eigenvalue weighted by Crippen LogP contribution is 2.25. The third kappa shape index (κ3) is 3.40. The second kappa shape index (κ2) is 5.72. The maximum absolute atomic E-state index is 11.3. The van der Waals surface area contributed by atoms with Crippen molar-refractivity contribution in [1.82, 2.24) is 4.90 Å². The minimum absolute atomic E-state index is 0.00863. The highest BCUT2D eigenvalue weighted by atomic mass is 16.5. The van der Waals surface area contributed by atoms with Gasteiger partial charge in [-0.25, -0.2) is 4.79 Å². The van der Waals surface area contributed by atoms with E-state index >= 15 is 0 Å². The fourth-order valence-corrected chi connectivity index (χ4v) is 2.19. The van der Waals surface area contributed by atoms with Crippen molar-refractivity contribution in [2.24, 2.45) is 5.92 Å². The van der Waals surface area contributed by atoms with Crippen LogP contribution in [-0.2, 0) is 9.53 Å². The van der Waals surface area contributed by atoms with Crippen LogP contribution in [-0.4, -0.2) is 41.3 Å². The van der Waals surface area contributed by atoms with Gasteiger partial charge in [0.05, 0.1) is 6.61 Å². The number of likely N-dealkylation sites (tertiary alicyclic amines) is 1. The lowest BCUT2D eigenvalue weighted by molar-refractivity contribution is -0.144. The van der Waals surface area contributed by atoms with Crippen LogP contribution in [0.1, 0.15) is 33.1 Å². The third-order valence-corrected chi connectivity index (χ3v) is 2.99. The molecule has 1 saturated heterocycles. The molecule has 2 atom stereocenters. The van der Waals surface area contributed by atoms with Crippen molar-refractivity contribution in [3.63, 3.8) is 0 Å². The number of carbonyl (C=O) groups is 2. The van der Waals surface area contributed by atoms with E-state index in [1.165, 1.54) is 4.90 Å². The fraction of sp³-hybridized carbons (Fsp3) is 0.818. The summed E-state index contributed by atoms with van der Waals surface area (Å²) in [5.41, 5.74) is 0. The quantitative estimate of drug-likeness (QED) is 0.748. The van der Waals surface area contributed by atoms with Crippen molar-refractivity contribution in [2.45, 2.75) is 39.2 Å². The molecule has 0 radical (unpaired) electrons. The lowest BCUT2D eigenvalue weighted by Crippen LogP contribution is -2.44. The number of rotatable bonds is 3. The van der Waals surface area contributed by atoms with E-state index in [2.05, 4.69) is 0 Å². The number of ether oxygens (including phenoxy) is 1. The van der Waals surface area contributed by atoms with Crippen LogP contribution < -0.4 is 0 Å². The molecular formula is C11H19NO4. The molecule has 0 aromatic carbocycles. The minimum atomic E-state index is -0.873. The van der Waals surface area contributed by atoms with E-state index in [1.807, 2.05) is 6.92 Å². The van der Waals surface area contributed by atoms with E-state index in [-0.39, 0.29) is 17.9 Å². The minimum Gasteiger partial charge on any atom is -0.466 e. The van der Waals surface area contributed by atoms with Crippen molar-refractivity contribution >= 4 is 12.1 Å². The van der Waals surface area contributed by atoms with Crippen LogP contribution in [0.15, 0.2) is 0 Å². The van der Waals surface area contributed by atoms with Gasteiger partial charge in [-0.05, 0) is 32.6 Å². The van der Waals surface area contributed by atoms with Crippen LogP contribution in [0.5, 0.6) is 0 Å². The lowest BCUT2D eigenvalue weighted by atomic mass is 9.89. The van der Waals surface area contributed by atoms with Gasteiger partial charge in [-0.2, -0.15) is 0 Å². The first kappa shape index (κ1) is 12.8. The topological polar surface area (TPSA) is 66.8 Å². The molecule has 1 fully saturated rings. The predicted molar refractivity (Wildman–Crippen MR) is 58.2 cm³/mol. The smallest absolute Gasteiger partial charge is 0.407 e. The zero-order chi connectivity index (χ0) is 12.1. The fourth-order valence-electron chi connectivity index (χ4n) is 2.19. The zero-order valence-corrected chi connectivity index (χ0v) is 9.81. The molecule has 1 aliphatic rings. The molecule has 16 heavy (non-hydrogen) atoms. The molecule has 92 valence electrons. The number of esters is 1. The van der Waals surface area contributed by atoms with E-state index in [9.17, 15) is 9.59 Å². The van der Waals surface area contributed by atoms with Crippen LogP contribution in [0.2, 0.25) is 0 Å². The Labute approximate surface area is 95.4 Å². The summed E-state index contributed by atoms with van der Waals surface area (Å²) >= 11 is 0. The Morgan fingerprint density at radius 3 is 2.69 bits per heavy atom. The number of hydrogen-bond acceptors (Lipinski definition) is 3. The summed E-state index contributed by atoms with van der Waals surface area (Å²) in [4.78, 5) is 23.5. The summed E-state index contributed by atoms with van der Waals surface area (Å²) < 4.78 is 4.89. The average molecular weight is 229 g/mol. The van der Waals surface area contributed by atoms with E-state index in [4.69, 9.17) is 9.84 Å². The second-order valence-electron chi connectivity index (χ2n) is 4.22. The van der Waals surface area contributed by atoms with E-state index in [0.717, 1.165) is 12.8 Å². The molecule has 0 aromatic rings. The Morgan fingerprint density at radius 1 is 1.50 bits per heavy atom. The Bertz CT molecular complexity index is 267. The number of carboxylic acid groups (broad SMARTS) is 1. The monoisotopic (exact) mass is 229 g/mol. The molecule has 0 aromatic heterocycles. The van der Waals surface area contributed by atoms with E-state index in [0.29, 0.717) is 19.6 Å². The maximum Gasteiger partial charge on any atom is 0.407 e. The van der Waals surface area contributed by atoms with Gasteiger partial charge in [0.1, 0.15) is 0 Å². The van der Waals surface area contributed by atoms with Crippen LogP contribution >= 0.6 is 0 Å². The standard InChI is InChI=1S/C11H19NO4/c1-3-16-10(13)7-9-4-5-12(11(14)15)8(2)6-9/h8-9H,3-7H2,1-2H3,(H,14,15)/t8-,9?/m1/s1. The van der Waals surface area contributed by atoms with Gasteiger partial charge in [0.15, 0.2) is 0 Å². The van der Waals surface area contributed by atoms with Gasteiger partial charge in [-0.15, -0.1) is 0 Å². The number of nitrogens with zero attached hydrogens (tertiary/aromatic N) is 1. The predicted octanol–water partition coefficient (Wildman–Crippen LogP) is 1.72. The average Bonchev–Trinajstić information content (AvgIpc) is 2.17. The molecule has 0 bridgehead atoms. The summed E-state index contributed by atoms with van der Waals surface area (Å²) in [5.74, 6) is 0.0770. The molecular weight excluding hydrogens is 210 g/mol. The largest absolute Gasteiger partial charge is 0.466 e. The summed E-state index contributed by atoms with van der Waals surface area (Å²) in [6.45, 7) is 4.59. The molecule has 1 aliphatic heterocycles. The maximum atomic E-state index is 11.3. The lowest BCUT2D eigenvalue weighted by Gasteiger charge is -2.35. The Kier molecular flexibility index (Phi) is 4.58. The second-order valence-corrected chi connectivity index (χ2v) is 4.22. The van der Waals surface area contributed by atoms with Gasteiger partial charge in [-0.1, -0.05) is 0 Å². The first-order valence-electron chi connectivity index (χ1n) is 5.69. The number of carbonyl (C=O) groups excluding carboxylic acids is 1. The van der Waals surface area contributed by atoms with Crippen molar-refractivity contribution in [2.75, 3.05) is 13.2 Å². The van der Waals surface area contributed by atoms with Gasteiger partial charge in [0.25, 0.3) is 0 Å². The van der Waals surface area contributed by atoms with Crippen LogP contribution in [0, 0.1) is 5.92 Å². The number of hydrogen-bond donors (Lipinski definition) is 1. The van der Waals surface area contributed by atoms with E-state index in [1.54, 1.807) is 6.92 Å². The SMILES string of the molecule is CCOC(=O)CC1CCN(C(=O)O)[C@H](C)C1. The van der Waals surface area contributed by atoms with Crippen molar-refractivity contribution < 1.29 is 19.4 Å². The van der Waals surface area contributed by atoms with Gasteiger partial charge in [-0.3, -0.25) is 4.79 Å². The zero-order valence-electron chi connectivity index (χ0n) is 9.81. The van der Waals surface area contributed by atoms with Gasteiger partial charge < -0.3 is 14.7 Å². The summed E-state index contributed by atoms with van der Waals surface area (Å²) in [6, 6.07) is -0.00863. The highest BCUT2D eigenvalue weighted by molar-refractivity contribution is 5.70. The van der Waals surface area contributed by atoms with Gasteiger partial charge >= 0.3 is 12.1 Å². The van der Waals surface area contributed by atoms with Crippen molar-refractivity contribution in [3.8, 4) is 0 Å².